The Morgan fingerprint density at radius 2 is 2.09 bits per heavy atom. The zero-order valence-corrected chi connectivity index (χ0v) is 12.4. The van der Waals surface area contributed by atoms with E-state index in [2.05, 4.69) is 10.3 Å². The van der Waals surface area contributed by atoms with Crippen molar-refractivity contribution < 1.29 is 8.81 Å². The van der Waals surface area contributed by atoms with Crippen LogP contribution in [0.3, 0.4) is 0 Å². The lowest BCUT2D eigenvalue weighted by molar-refractivity contribution is 0.446. The van der Waals surface area contributed by atoms with Crippen molar-refractivity contribution in [1.82, 2.24) is 14.9 Å². The molecule has 1 aromatic carbocycles. The largest absolute Gasteiger partial charge is 0.467 e. The van der Waals surface area contributed by atoms with E-state index in [9.17, 15) is 4.39 Å². The van der Waals surface area contributed by atoms with Crippen LogP contribution in [0.4, 0.5) is 4.39 Å². The molecule has 5 heteroatoms. The van der Waals surface area contributed by atoms with Crippen molar-refractivity contribution >= 4 is 0 Å². The van der Waals surface area contributed by atoms with Crippen molar-refractivity contribution in [1.29, 1.82) is 0 Å². The first-order valence-electron chi connectivity index (χ1n) is 7.22. The molecule has 114 valence electrons. The summed E-state index contributed by atoms with van der Waals surface area (Å²) in [6.07, 6.45) is 6.17. The van der Waals surface area contributed by atoms with Crippen LogP contribution in [0.1, 0.15) is 23.2 Å². The molecule has 0 aliphatic heterocycles. The Hall–Kier alpha value is -2.40. The van der Waals surface area contributed by atoms with Gasteiger partial charge in [-0.2, -0.15) is 0 Å². The highest BCUT2D eigenvalue weighted by atomic mass is 19.1. The molecule has 22 heavy (non-hydrogen) atoms. The molecule has 0 unspecified atom stereocenters. The molecule has 0 radical (unpaired) electrons. The quantitative estimate of drug-likeness (QED) is 0.760. The van der Waals surface area contributed by atoms with Gasteiger partial charge < -0.3 is 14.3 Å². The number of aryl methyl sites for hydroxylation is 1. The van der Waals surface area contributed by atoms with Crippen molar-refractivity contribution in [3.63, 3.8) is 0 Å². The van der Waals surface area contributed by atoms with Crippen molar-refractivity contribution in [3.8, 4) is 0 Å². The molecular formula is C17H18FN3O. The molecule has 0 saturated carbocycles. The van der Waals surface area contributed by atoms with Gasteiger partial charge in [-0.25, -0.2) is 9.37 Å². The fourth-order valence-corrected chi connectivity index (χ4v) is 2.46. The minimum atomic E-state index is -0.241. The molecule has 0 bridgehead atoms. The molecule has 0 aliphatic rings. The molecular weight excluding hydrogens is 281 g/mol. The molecule has 2 aromatic heterocycles. The summed E-state index contributed by atoms with van der Waals surface area (Å²) in [4.78, 5) is 4.31. The summed E-state index contributed by atoms with van der Waals surface area (Å²) in [5.74, 6) is 1.59. The Balaban J connectivity index is 1.72. The van der Waals surface area contributed by atoms with Crippen LogP contribution in [0.5, 0.6) is 0 Å². The number of imidazole rings is 1. The second kappa shape index (κ2) is 6.58. The van der Waals surface area contributed by atoms with Gasteiger partial charge in [-0.15, -0.1) is 0 Å². The number of halogens is 1. The fourth-order valence-electron chi connectivity index (χ4n) is 2.46. The maximum absolute atomic E-state index is 13.1. The molecule has 0 saturated heterocycles. The molecule has 1 atom stereocenters. The normalized spacial score (nSPS) is 12.5. The molecule has 4 nitrogen and oxygen atoms in total. The first-order chi connectivity index (χ1) is 10.7. The highest BCUT2D eigenvalue weighted by molar-refractivity contribution is 5.26. The number of hydrogen-bond acceptors (Lipinski definition) is 3. The zero-order chi connectivity index (χ0) is 15.4. The van der Waals surface area contributed by atoms with Crippen LogP contribution in [-0.2, 0) is 13.5 Å². The summed E-state index contributed by atoms with van der Waals surface area (Å²) in [6, 6.07) is 10.1. The first kappa shape index (κ1) is 14.5. The van der Waals surface area contributed by atoms with Gasteiger partial charge in [0.05, 0.1) is 12.3 Å². The number of aromatic nitrogens is 2. The summed E-state index contributed by atoms with van der Waals surface area (Å²) in [7, 11) is 1.98. The third kappa shape index (κ3) is 3.26. The average molecular weight is 299 g/mol. The number of rotatable bonds is 6. The van der Waals surface area contributed by atoms with E-state index >= 15 is 0 Å². The molecule has 2 heterocycles. The minimum absolute atomic E-state index is 0.101. The average Bonchev–Trinajstić information content (AvgIpc) is 3.17. The molecule has 1 N–H and O–H groups in total. The Labute approximate surface area is 128 Å². The van der Waals surface area contributed by atoms with E-state index in [4.69, 9.17) is 4.42 Å². The monoisotopic (exact) mass is 299 g/mol. The third-order valence-corrected chi connectivity index (χ3v) is 3.65. The number of nitrogens with zero attached hydrogens (tertiary/aromatic N) is 2. The van der Waals surface area contributed by atoms with E-state index in [0.717, 1.165) is 30.1 Å². The molecule has 3 rings (SSSR count). The lowest BCUT2D eigenvalue weighted by Crippen LogP contribution is -2.25. The van der Waals surface area contributed by atoms with Crippen LogP contribution < -0.4 is 5.32 Å². The van der Waals surface area contributed by atoms with Gasteiger partial charge in [0, 0.05) is 32.4 Å². The predicted molar refractivity (Wildman–Crippen MR) is 81.9 cm³/mol. The van der Waals surface area contributed by atoms with Crippen LogP contribution >= 0.6 is 0 Å². The lowest BCUT2D eigenvalue weighted by atomic mass is 10.0. The smallest absolute Gasteiger partial charge is 0.125 e. The summed E-state index contributed by atoms with van der Waals surface area (Å²) < 4.78 is 20.6. The molecule has 0 fully saturated rings. The van der Waals surface area contributed by atoms with Crippen LogP contribution in [0.25, 0.3) is 0 Å². The zero-order valence-electron chi connectivity index (χ0n) is 12.4. The molecule has 0 aliphatic carbocycles. The summed E-state index contributed by atoms with van der Waals surface area (Å²) in [5.41, 5.74) is 0.969. The van der Waals surface area contributed by atoms with Gasteiger partial charge in [-0.1, -0.05) is 12.1 Å². The van der Waals surface area contributed by atoms with Gasteiger partial charge in [0.1, 0.15) is 17.4 Å². The van der Waals surface area contributed by atoms with Gasteiger partial charge in [0.15, 0.2) is 0 Å². The highest BCUT2D eigenvalue weighted by Crippen LogP contribution is 2.22. The topological polar surface area (TPSA) is 43.0 Å². The van der Waals surface area contributed by atoms with Crippen LogP contribution in [0.15, 0.2) is 59.5 Å². The van der Waals surface area contributed by atoms with Gasteiger partial charge in [0.25, 0.3) is 0 Å². The van der Waals surface area contributed by atoms with Crippen molar-refractivity contribution in [3.05, 3.63) is 78.0 Å². The number of furan rings is 1. The van der Waals surface area contributed by atoms with E-state index in [0.29, 0.717) is 0 Å². The minimum Gasteiger partial charge on any atom is -0.467 e. The Bertz CT molecular complexity index is 704. The summed E-state index contributed by atoms with van der Waals surface area (Å²) in [5, 5.41) is 3.45. The van der Waals surface area contributed by atoms with E-state index in [-0.39, 0.29) is 11.9 Å². The second-order valence-electron chi connectivity index (χ2n) is 5.16. The SMILES string of the molecule is Cn1ccnc1CCN[C@@H](c1ccc(F)cc1)c1ccco1. The van der Waals surface area contributed by atoms with Gasteiger partial charge >= 0.3 is 0 Å². The maximum atomic E-state index is 13.1. The maximum Gasteiger partial charge on any atom is 0.125 e. The third-order valence-electron chi connectivity index (χ3n) is 3.65. The van der Waals surface area contributed by atoms with Crippen molar-refractivity contribution in [2.45, 2.75) is 12.5 Å². The van der Waals surface area contributed by atoms with E-state index in [1.807, 2.05) is 29.9 Å². The summed E-state index contributed by atoms with van der Waals surface area (Å²) in [6.45, 7) is 0.744. The number of hydrogen-bond donors (Lipinski definition) is 1. The van der Waals surface area contributed by atoms with Gasteiger partial charge in [-0.3, -0.25) is 0 Å². The Kier molecular flexibility index (Phi) is 4.34. The standard InChI is InChI=1S/C17H18FN3O/c1-21-11-10-19-16(21)8-9-20-17(15-3-2-12-22-15)13-4-6-14(18)7-5-13/h2-7,10-12,17,20H,8-9H2,1H3/t17-/m0/s1. The first-order valence-corrected chi connectivity index (χ1v) is 7.22. The highest BCUT2D eigenvalue weighted by Gasteiger charge is 2.16. The van der Waals surface area contributed by atoms with Gasteiger partial charge in [-0.05, 0) is 29.8 Å². The number of nitrogens with one attached hydrogen (secondary N) is 1. The van der Waals surface area contributed by atoms with E-state index < -0.39 is 0 Å². The predicted octanol–water partition coefficient (Wildman–Crippen LogP) is 3.07. The molecule has 0 amide bonds. The van der Waals surface area contributed by atoms with Crippen molar-refractivity contribution in [2.24, 2.45) is 7.05 Å². The lowest BCUT2D eigenvalue weighted by Gasteiger charge is -2.17. The van der Waals surface area contributed by atoms with E-state index in [1.54, 1.807) is 24.6 Å². The fraction of sp³-hybridized carbons (Fsp3) is 0.235. The van der Waals surface area contributed by atoms with Crippen molar-refractivity contribution in [2.75, 3.05) is 6.54 Å². The van der Waals surface area contributed by atoms with E-state index in [1.165, 1.54) is 12.1 Å². The Morgan fingerprint density at radius 1 is 1.27 bits per heavy atom. The van der Waals surface area contributed by atoms with Crippen LogP contribution in [-0.4, -0.2) is 16.1 Å². The Morgan fingerprint density at radius 3 is 2.73 bits per heavy atom. The molecule has 3 aromatic rings. The second-order valence-corrected chi connectivity index (χ2v) is 5.16. The van der Waals surface area contributed by atoms with Crippen LogP contribution in [0, 0.1) is 5.82 Å². The molecule has 0 spiro atoms. The van der Waals surface area contributed by atoms with Gasteiger partial charge in [0.2, 0.25) is 0 Å². The summed E-state index contributed by atoms with van der Waals surface area (Å²) >= 11 is 0. The van der Waals surface area contributed by atoms with Crippen LogP contribution in [0.2, 0.25) is 0 Å². The number of benzene rings is 1.